The van der Waals surface area contributed by atoms with Crippen LogP contribution in [0, 0.1) is 22.7 Å². The Balaban J connectivity index is 1.86. The maximum atomic E-state index is 12.2. The van der Waals surface area contributed by atoms with Crippen LogP contribution in [0.1, 0.15) is 59.8 Å². The van der Waals surface area contributed by atoms with Crippen LogP contribution >= 0.6 is 0 Å². The summed E-state index contributed by atoms with van der Waals surface area (Å²) in [6, 6.07) is 0. The molecule has 0 unspecified atom stereocenters. The highest BCUT2D eigenvalue weighted by Crippen LogP contribution is 2.61. The number of allylic oxidation sites excluding steroid dienone is 2. The number of aliphatic hydroxyl groups is 1. The number of esters is 1. The highest BCUT2D eigenvalue weighted by Gasteiger charge is 2.54. The van der Waals surface area contributed by atoms with Crippen molar-refractivity contribution >= 4 is 11.8 Å². The first-order chi connectivity index (χ1) is 11.2. The van der Waals surface area contributed by atoms with Gasteiger partial charge in [0.15, 0.2) is 5.78 Å². The van der Waals surface area contributed by atoms with Gasteiger partial charge in [0, 0.05) is 18.1 Å². The summed E-state index contributed by atoms with van der Waals surface area (Å²) in [5, 5.41) is 9.83. The summed E-state index contributed by atoms with van der Waals surface area (Å²) in [5.74, 6) is 0.580. The van der Waals surface area contributed by atoms with E-state index in [2.05, 4.69) is 27.7 Å². The lowest BCUT2D eigenvalue weighted by molar-refractivity contribution is -0.151. The second kappa shape index (κ2) is 5.83. The minimum Gasteiger partial charge on any atom is -0.429 e. The zero-order valence-corrected chi connectivity index (χ0v) is 15.1. The van der Waals surface area contributed by atoms with E-state index in [9.17, 15) is 14.7 Å². The number of fused-ring (bicyclic) bond motifs is 1. The van der Waals surface area contributed by atoms with Crippen LogP contribution in [0.5, 0.6) is 0 Å². The average molecular weight is 332 g/mol. The van der Waals surface area contributed by atoms with Crippen LogP contribution in [0.4, 0.5) is 0 Å². The molecule has 1 heterocycles. The Kier molecular flexibility index (Phi) is 4.23. The summed E-state index contributed by atoms with van der Waals surface area (Å²) in [7, 11) is 0. The summed E-state index contributed by atoms with van der Waals surface area (Å²) in [6.07, 6.45) is 6.51. The van der Waals surface area contributed by atoms with Crippen molar-refractivity contribution in [3.05, 3.63) is 23.3 Å². The van der Waals surface area contributed by atoms with Crippen LogP contribution in [0.3, 0.4) is 0 Å². The topological polar surface area (TPSA) is 63.6 Å². The lowest BCUT2D eigenvalue weighted by Gasteiger charge is -2.57. The van der Waals surface area contributed by atoms with Gasteiger partial charge in [-0.25, -0.2) is 4.79 Å². The molecule has 1 N–H and O–H groups in total. The summed E-state index contributed by atoms with van der Waals surface area (Å²) in [6.45, 7) is 8.96. The largest absolute Gasteiger partial charge is 0.429 e. The molecule has 1 saturated carbocycles. The van der Waals surface area contributed by atoms with Crippen molar-refractivity contribution in [1.82, 2.24) is 0 Å². The van der Waals surface area contributed by atoms with Crippen LogP contribution in [0.15, 0.2) is 23.3 Å². The van der Waals surface area contributed by atoms with Gasteiger partial charge in [-0.2, -0.15) is 0 Å². The van der Waals surface area contributed by atoms with Gasteiger partial charge in [0.25, 0.3) is 0 Å². The third kappa shape index (κ3) is 2.65. The monoisotopic (exact) mass is 332 g/mol. The molecule has 3 rings (SSSR count). The van der Waals surface area contributed by atoms with Gasteiger partial charge in [0.05, 0.1) is 0 Å². The van der Waals surface area contributed by atoms with Crippen LogP contribution in [-0.2, 0) is 14.3 Å². The number of carbonyl (C=O) groups is 2. The van der Waals surface area contributed by atoms with Crippen molar-refractivity contribution in [3.8, 4) is 0 Å². The van der Waals surface area contributed by atoms with E-state index in [4.69, 9.17) is 4.74 Å². The molecule has 0 aromatic heterocycles. The summed E-state index contributed by atoms with van der Waals surface area (Å²) >= 11 is 0. The third-order valence-electron chi connectivity index (χ3n) is 7.27. The number of ketones is 1. The molecule has 24 heavy (non-hydrogen) atoms. The minimum absolute atomic E-state index is 0.00434. The highest BCUT2D eigenvalue weighted by molar-refractivity contribution is 5.92. The van der Waals surface area contributed by atoms with Crippen molar-refractivity contribution in [2.24, 2.45) is 22.7 Å². The number of rotatable bonds is 3. The van der Waals surface area contributed by atoms with E-state index in [-0.39, 0.29) is 16.6 Å². The first-order valence-electron chi connectivity index (χ1n) is 8.97. The minimum atomic E-state index is -1.10. The number of hydrogen-bond donors (Lipinski definition) is 1. The zero-order valence-electron chi connectivity index (χ0n) is 15.1. The summed E-state index contributed by atoms with van der Waals surface area (Å²) in [4.78, 5) is 23.5. The van der Waals surface area contributed by atoms with Gasteiger partial charge < -0.3 is 9.84 Å². The fraction of sp³-hybridized carbons (Fsp3) is 0.700. The maximum Gasteiger partial charge on any atom is 0.333 e. The summed E-state index contributed by atoms with van der Waals surface area (Å²) in [5.41, 5.74) is 1.95. The van der Waals surface area contributed by atoms with Crippen molar-refractivity contribution in [2.75, 3.05) is 0 Å². The average Bonchev–Trinajstić information content (AvgIpc) is 2.83. The molecule has 0 bridgehead atoms. The van der Waals surface area contributed by atoms with E-state index in [0.717, 1.165) is 19.3 Å². The molecule has 1 fully saturated rings. The molecule has 1 aliphatic heterocycles. The number of aliphatic hydroxyl groups excluding tert-OH is 1. The second-order valence-electron chi connectivity index (χ2n) is 8.42. The Hall–Kier alpha value is -1.42. The van der Waals surface area contributed by atoms with Crippen LogP contribution in [-0.4, -0.2) is 23.1 Å². The molecule has 5 atom stereocenters. The van der Waals surface area contributed by atoms with Gasteiger partial charge in [-0.15, -0.1) is 0 Å². The van der Waals surface area contributed by atoms with E-state index in [0.29, 0.717) is 30.3 Å². The Morgan fingerprint density at radius 2 is 2.00 bits per heavy atom. The van der Waals surface area contributed by atoms with Gasteiger partial charge in [-0.3, -0.25) is 4.79 Å². The van der Waals surface area contributed by atoms with Gasteiger partial charge in [0.1, 0.15) is 0 Å². The highest BCUT2D eigenvalue weighted by atomic mass is 16.6. The first-order valence-corrected chi connectivity index (χ1v) is 8.97. The number of hydrogen-bond acceptors (Lipinski definition) is 4. The van der Waals surface area contributed by atoms with E-state index >= 15 is 0 Å². The van der Waals surface area contributed by atoms with Gasteiger partial charge in [-0.1, -0.05) is 26.3 Å². The Morgan fingerprint density at radius 3 is 2.62 bits per heavy atom. The number of carbonyl (C=O) groups excluding carboxylic acids is 2. The van der Waals surface area contributed by atoms with Crippen molar-refractivity contribution in [1.29, 1.82) is 0 Å². The molecular weight excluding hydrogens is 304 g/mol. The molecule has 0 radical (unpaired) electrons. The number of cyclic esters (lactones) is 1. The molecule has 4 nitrogen and oxygen atoms in total. The van der Waals surface area contributed by atoms with E-state index in [1.165, 1.54) is 11.6 Å². The SMILES string of the molecule is CC1=CC(=O)C[C@@H]2[C@@](C)(CCC3=CC(=O)O[C@@H]3O)[C@H](C)CC[C@@]12C. The van der Waals surface area contributed by atoms with Crippen molar-refractivity contribution in [3.63, 3.8) is 0 Å². The Labute approximate surface area is 144 Å². The van der Waals surface area contributed by atoms with Crippen molar-refractivity contribution < 1.29 is 19.4 Å². The smallest absolute Gasteiger partial charge is 0.333 e. The molecule has 3 aliphatic rings. The number of ether oxygens (including phenoxy) is 1. The quantitative estimate of drug-likeness (QED) is 0.803. The molecule has 0 aromatic carbocycles. The fourth-order valence-electron chi connectivity index (χ4n) is 5.16. The normalized spacial score (nSPS) is 42.3. The summed E-state index contributed by atoms with van der Waals surface area (Å²) < 4.78 is 4.79. The molecule has 0 aromatic rings. The predicted octanol–water partition coefficient (Wildman–Crippen LogP) is 3.55. The lowest BCUT2D eigenvalue weighted by Crippen LogP contribution is -2.51. The van der Waals surface area contributed by atoms with Gasteiger partial charge in [0.2, 0.25) is 6.29 Å². The molecular formula is C20H28O4. The first kappa shape index (κ1) is 17.4. The predicted molar refractivity (Wildman–Crippen MR) is 90.9 cm³/mol. The van der Waals surface area contributed by atoms with Gasteiger partial charge in [-0.05, 0) is 61.3 Å². The third-order valence-corrected chi connectivity index (χ3v) is 7.27. The molecule has 0 saturated heterocycles. The Morgan fingerprint density at radius 1 is 1.29 bits per heavy atom. The van der Waals surface area contributed by atoms with Crippen LogP contribution < -0.4 is 0 Å². The molecule has 4 heteroatoms. The molecule has 0 spiro atoms. The van der Waals surface area contributed by atoms with E-state index in [1.807, 2.05) is 6.08 Å². The maximum absolute atomic E-state index is 12.2. The molecule has 132 valence electrons. The van der Waals surface area contributed by atoms with Gasteiger partial charge >= 0.3 is 5.97 Å². The van der Waals surface area contributed by atoms with Crippen LogP contribution in [0.25, 0.3) is 0 Å². The zero-order chi connectivity index (χ0) is 17.7. The second-order valence-corrected chi connectivity index (χ2v) is 8.42. The lowest BCUT2D eigenvalue weighted by atomic mass is 9.47. The molecule has 2 aliphatic carbocycles. The molecule has 0 amide bonds. The van der Waals surface area contributed by atoms with E-state index < -0.39 is 12.3 Å². The van der Waals surface area contributed by atoms with Crippen molar-refractivity contribution in [2.45, 2.75) is 66.1 Å². The van der Waals surface area contributed by atoms with E-state index in [1.54, 1.807) is 0 Å². The Bertz CT molecular complexity index is 632. The van der Waals surface area contributed by atoms with Crippen LogP contribution in [0.2, 0.25) is 0 Å². The standard InChI is InChI=1S/C20H28O4/c1-12-5-7-20(4)13(2)9-15(21)11-16(20)19(12,3)8-6-14-10-17(22)24-18(14)23/h9-10,12,16,18,23H,5-8,11H2,1-4H3/t12-,16-,18+,19+,20+/m1/s1. The fourth-order valence-corrected chi connectivity index (χ4v) is 5.16.